The summed E-state index contributed by atoms with van der Waals surface area (Å²) >= 11 is 0. The van der Waals surface area contributed by atoms with E-state index in [9.17, 15) is 14.4 Å². The molecule has 15 nitrogen and oxygen atoms in total. The molecule has 10 rings (SSSR count). The van der Waals surface area contributed by atoms with Crippen LogP contribution in [0.4, 0.5) is 15.9 Å². The maximum Gasteiger partial charge on any atom is 0.253 e. The number of aromatic nitrogens is 5. The van der Waals surface area contributed by atoms with Gasteiger partial charge in [0.15, 0.2) is 11.6 Å². The van der Waals surface area contributed by atoms with Crippen LogP contribution in [-0.2, 0) is 28.0 Å². The fraction of sp³-hybridized carbons (Fsp3) is 0.462. The van der Waals surface area contributed by atoms with Gasteiger partial charge in [-0.2, -0.15) is 0 Å². The summed E-state index contributed by atoms with van der Waals surface area (Å²) in [5.41, 5.74) is 8.88. The number of ether oxygens (including phenoxy) is 1. The Balaban J connectivity index is 0.684. The third kappa shape index (κ3) is 9.33. The fourth-order valence-corrected chi connectivity index (χ4v) is 11.1. The number of benzene rings is 2. The maximum absolute atomic E-state index is 15.3. The normalized spacial score (nSPS) is 20.9. The van der Waals surface area contributed by atoms with Gasteiger partial charge in [0.2, 0.25) is 11.8 Å². The predicted molar refractivity (Wildman–Crippen MR) is 261 cm³/mol. The summed E-state index contributed by atoms with van der Waals surface area (Å²) in [6.07, 6.45) is 8.10. The first-order valence-electron chi connectivity index (χ1n) is 24.3. The van der Waals surface area contributed by atoms with Crippen LogP contribution in [0, 0.1) is 11.7 Å². The number of hydrogen-bond acceptors (Lipinski definition) is 11. The molecule has 2 aromatic carbocycles. The van der Waals surface area contributed by atoms with Crippen molar-refractivity contribution in [1.29, 1.82) is 0 Å². The molecule has 0 saturated carbocycles. The molecule has 356 valence electrons. The molecule has 1 unspecified atom stereocenters. The van der Waals surface area contributed by atoms with Crippen molar-refractivity contribution in [2.75, 3.05) is 69.7 Å². The molecule has 3 amide bonds. The lowest BCUT2D eigenvalue weighted by molar-refractivity contribution is -0.133. The smallest absolute Gasteiger partial charge is 0.253 e. The molecule has 0 aliphatic carbocycles. The number of halogens is 1. The number of aryl methyl sites for hydroxylation is 1. The summed E-state index contributed by atoms with van der Waals surface area (Å²) in [6, 6.07) is 20.4. The standard InChI is InChI=1S/C52H62FN11O4/c1-32-29-64(50-42(53)26-39(28-55-50)56-44-11-12-48(65)59-51(44)66)24-23-63(32)30-34-14-19-62(20-15-34)52(67)37-7-5-35(6-8-37)36-16-21-61(22-17-36)33(2)46-27-41-40(13-18-54-49(41)60(46)3)38-9-10-43-45(25-38)58-47(57-43)31-68-4/h5-10,13,18,25-28,32-34,36,44,56H,11-12,14-17,19-24,29-31H2,1-4H3,(H,57,58)(H,59,65,66)/t32-,33-,44?/m0/s1. The Labute approximate surface area is 396 Å². The number of fused-ring (bicyclic) bond motifs is 2. The molecule has 8 heterocycles. The lowest BCUT2D eigenvalue weighted by Crippen LogP contribution is -2.54. The SMILES string of the molecule is COCc1nc2cc(-c3ccnc4c3cc([C@H](C)N3CCC(c5ccc(C(=O)N6CCC(CN7CCN(c8ncc(NC9CCC(=O)NC9=O)cc8F)C[C@@H]7C)CC6)cc5)CC3)n4C)ccc2[nH]1. The number of nitrogens with zero attached hydrogens (tertiary/aromatic N) is 8. The second-order valence-electron chi connectivity index (χ2n) is 19.4. The second kappa shape index (κ2) is 19.4. The van der Waals surface area contributed by atoms with Gasteiger partial charge < -0.3 is 29.4 Å². The van der Waals surface area contributed by atoms with Gasteiger partial charge in [-0.3, -0.25) is 29.5 Å². The minimum atomic E-state index is -0.596. The highest BCUT2D eigenvalue weighted by atomic mass is 19.1. The summed E-state index contributed by atoms with van der Waals surface area (Å²) < 4.78 is 22.9. The number of aromatic amines is 1. The van der Waals surface area contributed by atoms with E-state index in [1.54, 1.807) is 13.3 Å². The molecule has 0 bridgehead atoms. The highest BCUT2D eigenvalue weighted by Crippen LogP contribution is 2.37. The molecule has 68 heavy (non-hydrogen) atoms. The number of H-pyrrole nitrogens is 1. The zero-order chi connectivity index (χ0) is 47.1. The first-order valence-corrected chi connectivity index (χ1v) is 24.3. The number of pyridine rings is 2. The molecule has 3 N–H and O–H groups in total. The second-order valence-corrected chi connectivity index (χ2v) is 19.4. The van der Waals surface area contributed by atoms with Crippen LogP contribution in [0.2, 0.25) is 0 Å². The van der Waals surface area contributed by atoms with E-state index < -0.39 is 17.8 Å². The van der Waals surface area contributed by atoms with Crippen molar-refractivity contribution in [1.82, 2.24) is 44.5 Å². The number of amides is 3. The van der Waals surface area contributed by atoms with Crippen LogP contribution in [0.3, 0.4) is 0 Å². The number of likely N-dealkylation sites (tertiary alicyclic amines) is 2. The quantitative estimate of drug-likeness (QED) is 0.109. The molecule has 0 radical (unpaired) electrons. The number of anilines is 2. The number of rotatable bonds is 12. The van der Waals surface area contributed by atoms with Crippen molar-refractivity contribution >= 4 is 51.3 Å². The van der Waals surface area contributed by atoms with Crippen LogP contribution in [-0.4, -0.2) is 128 Å². The van der Waals surface area contributed by atoms with Gasteiger partial charge in [-0.1, -0.05) is 18.2 Å². The monoisotopic (exact) mass is 923 g/mol. The van der Waals surface area contributed by atoms with E-state index in [-0.39, 0.29) is 30.3 Å². The molecule has 4 aliphatic rings. The number of hydrogen-bond donors (Lipinski definition) is 3. The number of methoxy groups -OCH3 is 1. The van der Waals surface area contributed by atoms with E-state index in [1.807, 2.05) is 28.1 Å². The van der Waals surface area contributed by atoms with Crippen LogP contribution < -0.4 is 15.5 Å². The number of piperidine rings is 3. The summed E-state index contributed by atoms with van der Waals surface area (Å²) in [6.45, 7) is 11.5. The molecule has 4 saturated heterocycles. The summed E-state index contributed by atoms with van der Waals surface area (Å²) in [4.78, 5) is 63.8. The molecular weight excluding hydrogens is 862 g/mol. The summed E-state index contributed by atoms with van der Waals surface area (Å²) in [5.74, 6) is 1.04. The Morgan fingerprint density at radius 3 is 2.47 bits per heavy atom. The third-order valence-corrected chi connectivity index (χ3v) is 15.1. The van der Waals surface area contributed by atoms with Crippen molar-refractivity contribution in [3.63, 3.8) is 0 Å². The van der Waals surface area contributed by atoms with E-state index >= 15 is 4.39 Å². The van der Waals surface area contributed by atoms with Crippen LogP contribution >= 0.6 is 0 Å². The first kappa shape index (κ1) is 45.5. The third-order valence-electron chi connectivity index (χ3n) is 15.1. The van der Waals surface area contributed by atoms with Crippen LogP contribution in [0.15, 0.2) is 73.1 Å². The predicted octanol–water partition coefficient (Wildman–Crippen LogP) is 7.02. The van der Waals surface area contributed by atoms with E-state index in [2.05, 4.69) is 98.3 Å². The first-order chi connectivity index (χ1) is 33.0. The Hall–Kier alpha value is -6.23. The lowest BCUT2D eigenvalue weighted by Gasteiger charge is -2.43. The van der Waals surface area contributed by atoms with Gasteiger partial charge in [-0.05, 0) is 124 Å². The number of carbonyl (C=O) groups excluding carboxylic acids is 3. The molecule has 4 fully saturated rings. The average molecular weight is 924 g/mol. The minimum absolute atomic E-state index is 0.110. The van der Waals surface area contributed by atoms with Gasteiger partial charge in [0.25, 0.3) is 5.91 Å². The average Bonchev–Trinajstić information content (AvgIpc) is 3.92. The van der Waals surface area contributed by atoms with E-state index in [1.165, 1.54) is 17.3 Å². The summed E-state index contributed by atoms with van der Waals surface area (Å²) in [5, 5.41) is 6.47. The number of imide groups is 1. The number of imidazole rings is 1. The molecule has 4 aliphatic heterocycles. The molecule has 0 spiro atoms. The highest BCUT2D eigenvalue weighted by molar-refractivity contribution is 6.01. The molecule has 4 aromatic heterocycles. The summed E-state index contributed by atoms with van der Waals surface area (Å²) in [7, 11) is 3.80. The number of nitrogens with one attached hydrogen (secondary N) is 3. The van der Waals surface area contributed by atoms with Crippen LogP contribution in [0.25, 0.3) is 33.2 Å². The zero-order valence-corrected chi connectivity index (χ0v) is 39.5. The topological polar surface area (TPSA) is 157 Å². The molecule has 3 atom stereocenters. The van der Waals surface area contributed by atoms with E-state index in [0.29, 0.717) is 49.5 Å². The van der Waals surface area contributed by atoms with Gasteiger partial charge in [0, 0.05) is 101 Å². The lowest BCUT2D eigenvalue weighted by atomic mass is 9.88. The van der Waals surface area contributed by atoms with Crippen molar-refractivity contribution in [3.05, 3.63) is 102 Å². The van der Waals surface area contributed by atoms with Crippen LogP contribution in [0.1, 0.15) is 91.8 Å². The van der Waals surface area contributed by atoms with Gasteiger partial charge in [0.1, 0.15) is 24.1 Å². The largest absolute Gasteiger partial charge is 0.377 e. The highest BCUT2D eigenvalue weighted by Gasteiger charge is 2.32. The van der Waals surface area contributed by atoms with Crippen molar-refractivity contribution in [2.45, 2.75) is 83.0 Å². The van der Waals surface area contributed by atoms with Crippen molar-refractivity contribution in [2.24, 2.45) is 13.0 Å². The van der Waals surface area contributed by atoms with Gasteiger partial charge in [-0.15, -0.1) is 0 Å². The van der Waals surface area contributed by atoms with Crippen LogP contribution in [0.5, 0.6) is 0 Å². The Morgan fingerprint density at radius 2 is 1.74 bits per heavy atom. The van der Waals surface area contributed by atoms with Crippen molar-refractivity contribution in [3.8, 4) is 11.1 Å². The molecule has 16 heteroatoms. The number of carbonyl (C=O) groups is 3. The Morgan fingerprint density at radius 1 is 0.941 bits per heavy atom. The maximum atomic E-state index is 15.3. The molecular formula is C52H62FN11O4. The Kier molecular flexibility index (Phi) is 13.0. The van der Waals surface area contributed by atoms with Gasteiger partial charge >= 0.3 is 0 Å². The fourth-order valence-electron chi connectivity index (χ4n) is 11.1. The molecule has 6 aromatic rings. The van der Waals surface area contributed by atoms with Crippen molar-refractivity contribution < 1.29 is 23.5 Å². The van der Waals surface area contributed by atoms with Gasteiger partial charge in [0.05, 0.1) is 22.9 Å². The minimum Gasteiger partial charge on any atom is -0.377 e. The number of piperazine rings is 1. The van der Waals surface area contributed by atoms with E-state index in [4.69, 9.17) is 14.7 Å². The van der Waals surface area contributed by atoms with E-state index in [0.717, 1.165) is 110 Å². The zero-order valence-electron chi connectivity index (χ0n) is 39.5. The van der Waals surface area contributed by atoms with Gasteiger partial charge in [-0.25, -0.2) is 19.3 Å². The Bertz CT molecular complexity index is 2810.